The van der Waals surface area contributed by atoms with Crippen LogP contribution >= 0.6 is 0 Å². The molecule has 1 aliphatic rings. The maximum absolute atomic E-state index is 13.0. The fraction of sp³-hybridized carbons (Fsp3) is 0.364. The number of hydrazone groups is 1. The molecule has 3 aromatic rings. The molecule has 0 fully saturated rings. The van der Waals surface area contributed by atoms with Gasteiger partial charge in [-0.3, -0.25) is 9.69 Å². The molecule has 0 saturated carbocycles. The molecule has 1 amide bonds. The zero-order valence-electron chi connectivity index (χ0n) is 16.3. The summed E-state index contributed by atoms with van der Waals surface area (Å²) in [6.45, 7) is 3.36. The van der Waals surface area contributed by atoms with Crippen molar-refractivity contribution < 1.29 is 13.6 Å². The topological polar surface area (TPSA) is 62.2 Å². The van der Waals surface area contributed by atoms with Gasteiger partial charge in [-0.2, -0.15) is 5.10 Å². The zero-order valence-corrected chi connectivity index (χ0v) is 16.3. The van der Waals surface area contributed by atoms with Gasteiger partial charge in [0.15, 0.2) is 5.76 Å². The van der Waals surface area contributed by atoms with Crippen LogP contribution in [0.5, 0.6) is 0 Å². The highest BCUT2D eigenvalue weighted by Crippen LogP contribution is 2.34. The van der Waals surface area contributed by atoms with Crippen molar-refractivity contribution in [3.05, 3.63) is 60.2 Å². The van der Waals surface area contributed by atoms with E-state index >= 15 is 0 Å². The molecule has 0 saturated heterocycles. The minimum atomic E-state index is -0.245. The van der Waals surface area contributed by atoms with Gasteiger partial charge >= 0.3 is 0 Å². The number of hydrogen-bond acceptors (Lipinski definition) is 5. The lowest BCUT2D eigenvalue weighted by molar-refractivity contribution is -0.134. The van der Waals surface area contributed by atoms with Crippen molar-refractivity contribution in [3.63, 3.8) is 0 Å². The maximum Gasteiger partial charge on any atom is 0.257 e. The highest BCUT2D eigenvalue weighted by atomic mass is 16.3. The number of amides is 1. The van der Waals surface area contributed by atoms with Crippen molar-refractivity contribution in [1.29, 1.82) is 0 Å². The molecule has 6 nitrogen and oxygen atoms in total. The van der Waals surface area contributed by atoms with E-state index in [2.05, 4.69) is 12.0 Å². The predicted molar refractivity (Wildman–Crippen MR) is 108 cm³/mol. The summed E-state index contributed by atoms with van der Waals surface area (Å²) in [6.07, 6.45) is 4.37. The van der Waals surface area contributed by atoms with Gasteiger partial charge in [0.2, 0.25) is 0 Å². The van der Waals surface area contributed by atoms with E-state index in [9.17, 15) is 4.79 Å². The number of unbranched alkanes of at least 4 members (excludes halogenated alkanes) is 1. The second-order valence-corrected chi connectivity index (χ2v) is 7.26. The number of hydrogen-bond donors (Lipinski definition) is 0. The predicted octanol–water partition coefficient (Wildman–Crippen LogP) is 4.44. The molecule has 4 rings (SSSR count). The third-order valence-corrected chi connectivity index (χ3v) is 5.05. The molecule has 1 unspecified atom stereocenters. The summed E-state index contributed by atoms with van der Waals surface area (Å²) < 4.78 is 11.6. The number of carbonyl (C=O) groups is 1. The lowest BCUT2D eigenvalue weighted by Gasteiger charge is -2.23. The van der Waals surface area contributed by atoms with Gasteiger partial charge < -0.3 is 8.83 Å². The van der Waals surface area contributed by atoms with Crippen molar-refractivity contribution in [1.82, 2.24) is 9.91 Å². The SMILES string of the molecule is CCCCN(C)CC(=O)N1N=C(c2cc3ccccc3o2)CC1c1ccco1. The number of carbonyl (C=O) groups excluding carboxylic acids is 1. The minimum absolute atomic E-state index is 0.0360. The first-order valence-electron chi connectivity index (χ1n) is 9.76. The number of fused-ring (bicyclic) bond motifs is 1. The molecule has 1 aromatic carbocycles. The summed E-state index contributed by atoms with van der Waals surface area (Å²) in [4.78, 5) is 15.0. The van der Waals surface area contributed by atoms with Crippen molar-refractivity contribution >= 4 is 22.6 Å². The highest BCUT2D eigenvalue weighted by molar-refractivity contribution is 6.03. The van der Waals surface area contributed by atoms with Gasteiger partial charge in [-0.05, 0) is 44.3 Å². The first-order chi connectivity index (χ1) is 13.7. The Balaban J connectivity index is 1.59. The third kappa shape index (κ3) is 3.73. The van der Waals surface area contributed by atoms with Gasteiger partial charge in [0.05, 0.1) is 12.8 Å². The van der Waals surface area contributed by atoms with Gasteiger partial charge in [0.1, 0.15) is 23.1 Å². The van der Waals surface area contributed by atoms with Gasteiger partial charge in [0.25, 0.3) is 5.91 Å². The molecule has 146 valence electrons. The summed E-state index contributed by atoms with van der Waals surface area (Å²) in [7, 11) is 1.97. The van der Waals surface area contributed by atoms with Crippen LogP contribution in [0.2, 0.25) is 0 Å². The minimum Gasteiger partial charge on any atom is -0.467 e. The van der Waals surface area contributed by atoms with Crippen molar-refractivity contribution in [2.24, 2.45) is 5.10 Å². The van der Waals surface area contributed by atoms with E-state index in [4.69, 9.17) is 8.83 Å². The van der Waals surface area contributed by atoms with Crippen LogP contribution in [0, 0.1) is 0 Å². The van der Waals surface area contributed by atoms with Crippen molar-refractivity contribution in [3.8, 4) is 0 Å². The highest BCUT2D eigenvalue weighted by Gasteiger charge is 2.36. The Hall–Kier alpha value is -2.86. The Morgan fingerprint density at radius 2 is 2.14 bits per heavy atom. The van der Waals surface area contributed by atoms with Gasteiger partial charge in [-0.25, -0.2) is 5.01 Å². The summed E-state index contributed by atoms with van der Waals surface area (Å²) in [5, 5.41) is 7.23. The summed E-state index contributed by atoms with van der Waals surface area (Å²) in [5.74, 6) is 1.40. The van der Waals surface area contributed by atoms with Crippen LogP contribution in [0.15, 0.2) is 62.7 Å². The smallest absolute Gasteiger partial charge is 0.257 e. The average Bonchev–Trinajstić information content (AvgIpc) is 3.44. The van der Waals surface area contributed by atoms with Crippen LogP contribution in [0.25, 0.3) is 11.0 Å². The Morgan fingerprint density at radius 1 is 1.29 bits per heavy atom. The second kappa shape index (κ2) is 8.02. The lowest BCUT2D eigenvalue weighted by atomic mass is 10.1. The molecule has 0 radical (unpaired) electrons. The molecule has 28 heavy (non-hydrogen) atoms. The zero-order chi connectivity index (χ0) is 19.5. The normalized spacial score (nSPS) is 16.9. The first kappa shape index (κ1) is 18.5. The third-order valence-electron chi connectivity index (χ3n) is 5.05. The Kier molecular flexibility index (Phi) is 5.30. The number of rotatable bonds is 7. The molecule has 0 spiro atoms. The van der Waals surface area contributed by atoms with E-state index < -0.39 is 0 Å². The van der Waals surface area contributed by atoms with Crippen LogP contribution in [0.4, 0.5) is 0 Å². The Bertz CT molecular complexity index is 941. The molecule has 0 N–H and O–H groups in total. The van der Waals surface area contributed by atoms with Gasteiger partial charge in [0, 0.05) is 11.8 Å². The van der Waals surface area contributed by atoms with E-state index in [1.807, 2.05) is 54.4 Å². The molecular formula is C22H25N3O3. The lowest BCUT2D eigenvalue weighted by Crippen LogP contribution is -2.36. The number of likely N-dealkylation sites (N-methyl/N-ethyl adjacent to an activating group) is 1. The maximum atomic E-state index is 13.0. The van der Waals surface area contributed by atoms with Crippen LogP contribution in [0.1, 0.15) is 43.7 Å². The van der Waals surface area contributed by atoms with E-state index in [1.54, 1.807) is 11.3 Å². The standard InChI is InChI=1S/C22H25N3O3/c1-3-4-11-24(2)15-22(26)25-18(20-10-7-12-27-20)14-17(23-25)21-13-16-8-5-6-9-19(16)28-21/h5-10,12-13,18H,3-4,11,14-15H2,1-2H3. The quantitative estimate of drug-likeness (QED) is 0.609. The van der Waals surface area contributed by atoms with E-state index in [-0.39, 0.29) is 11.9 Å². The van der Waals surface area contributed by atoms with Crippen molar-refractivity contribution in [2.75, 3.05) is 20.1 Å². The van der Waals surface area contributed by atoms with Crippen LogP contribution in [-0.4, -0.2) is 41.7 Å². The molecule has 1 aliphatic heterocycles. The second-order valence-electron chi connectivity index (χ2n) is 7.26. The monoisotopic (exact) mass is 379 g/mol. The molecule has 3 heterocycles. The van der Waals surface area contributed by atoms with E-state index in [0.717, 1.165) is 41.8 Å². The van der Waals surface area contributed by atoms with Crippen molar-refractivity contribution in [2.45, 2.75) is 32.2 Å². The van der Waals surface area contributed by atoms with E-state index in [0.29, 0.717) is 18.7 Å². The largest absolute Gasteiger partial charge is 0.467 e. The molecule has 0 aliphatic carbocycles. The Labute approximate surface area is 164 Å². The number of para-hydroxylation sites is 1. The summed E-state index contributed by atoms with van der Waals surface area (Å²) in [5.41, 5.74) is 1.58. The molecule has 1 atom stereocenters. The number of benzene rings is 1. The molecular weight excluding hydrogens is 354 g/mol. The van der Waals surface area contributed by atoms with Crippen LogP contribution in [-0.2, 0) is 4.79 Å². The number of furan rings is 2. The molecule has 2 aromatic heterocycles. The number of nitrogens with zero attached hydrogens (tertiary/aromatic N) is 3. The van der Waals surface area contributed by atoms with Crippen LogP contribution < -0.4 is 0 Å². The van der Waals surface area contributed by atoms with Gasteiger partial charge in [-0.1, -0.05) is 31.5 Å². The Morgan fingerprint density at radius 3 is 2.89 bits per heavy atom. The molecule has 0 bridgehead atoms. The average molecular weight is 379 g/mol. The first-order valence-corrected chi connectivity index (χ1v) is 9.76. The molecule has 6 heteroatoms. The van der Waals surface area contributed by atoms with E-state index in [1.165, 1.54) is 0 Å². The summed E-state index contributed by atoms with van der Waals surface area (Å²) in [6, 6.07) is 13.3. The fourth-order valence-electron chi connectivity index (χ4n) is 3.53. The summed E-state index contributed by atoms with van der Waals surface area (Å²) >= 11 is 0. The van der Waals surface area contributed by atoms with Crippen LogP contribution in [0.3, 0.4) is 0 Å². The fourth-order valence-corrected chi connectivity index (χ4v) is 3.53. The van der Waals surface area contributed by atoms with Gasteiger partial charge in [-0.15, -0.1) is 0 Å².